The summed E-state index contributed by atoms with van der Waals surface area (Å²) in [6.07, 6.45) is 0.291. The molecule has 1 heterocycles. The van der Waals surface area contributed by atoms with E-state index in [1.54, 1.807) is 0 Å². The third kappa shape index (κ3) is 1.38. The molecule has 0 N–H and O–H groups in total. The summed E-state index contributed by atoms with van der Waals surface area (Å²) >= 11 is 0. The van der Waals surface area contributed by atoms with E-state index in [-0.39, 0.29) is 0 Å². The van der Waals surface area contributed by atoms with E-state index in [9.17, 15) is 8.78 Å². The van der Waals surface area contributed by atoms with Gasteiger partial charge in [0.05, 0.1) is 0 Å². The van der Waals surface area contributed by atoms with E-state index >= 15 is 0 Å². The van der Waals surface area contributed by atoms with Crippen LogP contribution in [0.5, 0.6) is 0 Å². The average Bonchev–Trinajstić information content (AvgIpc) is 1.90. The van der Waals surface area contributed by atoms with Gasteiger partial charge in [0.2, 0.25) is 0 Å². The van der Waals surface area contributed by atoms with Gasteiger partial charge in [-0.25, -0.2) is 13.8 Å². The van der Waals surface area contributed by atoms with Gasteiger partial charge >= 0.3 is 0 Å². The van der Waals surface area contributed by atoms with E-state index in [1.165, 1.54) is 0 Å². The average molecular weight is 130 g/mol. The van der Waals surface area contributed by atoms with Crippen molar-refractivity contribution in [2.45, 2.75) is 6.43 Å². The van der Waals surface area contributed by atoms with Crippen molar-refractivity contribution < 1.29 is 8.78 Å². The highest BCUT2D eigenvalue weighted by molar-refractivity contribution is 4.89. The standard InChI is InChI=1S/C4H2F2N3/c5-4(6)3-1-8-9-2-7-3/h2,4H. The normalized spacial score (nSPS) is 10.1. The fourth-order valence-electron chi connectivity index (χ4n) is 0.328. The van der Waals surface area contributed by atoms with Gasteiger partial charge in [0, 0.05) is 0 Å². The minimum atomic E-state index is -2.61. The molecule has 0 bridgehead atoms. The molecule has 0 atom stereocenters. The molecule has 0 aliphatic rings. The van der Waals surface area contributed by atoms with Crippen molar-refractivity contribution in [1.29, 1.82) is 0 Å². The number of hydrogen-bond acceptors (Lipinski definition) is 3. The fraction of sp³-hybridized carbons (Fsp3) is 0.250. The number of halogens is 2. The molecule has 0 fully saturated rings. The number of alkyl halides is 2. The minimum Gasteiger partial charge on any atom is -0.231 e. The van der Waals surface area contributed by atoms with Crippen LogP contribution in [0.2, 0.25) is 0 Å². The van der Waals surface area contributed by atoms with Crippen molar-refractivity contribution in [3.63, 3.8) is 0 Å². The fourth-order valence-corrected chi connectivity index (χ4v) is 0.328. The molecule has 47 valence electrons. The first-order chi connectivity index (χ1) is 4.30. The van der Waals surface area contributed by atoms with Crippen molar-refractivity contribution in [2.75, 3.05) is 0 Å². The summed E-state index contributed by atoms with van der Waals surface area (Å²) < 4.78 is 23.2. The van der Waals surface area contributed by atoms with E-state index in [0.717, 1.165) is 6.33 Å². The second-order valence-electron chi connectivity index (χ2n) is 1.26. The van der Waals surface area contributed by atoms with E-state index in [4.69, 9.17) is 0 Å². The maximum Gasteiger partial charge on any atom is 0.282 e. The topological polar surface area (TPSA) is 38.7 Å². The Kier molecular flexibility index (Phi) is 1.62. The van der Waals surface area contributed by atoms with Crippen LogP contribution >= 0.6 is 0 Å². The van der Waals surface area contributed by atoms with Crippen LogP contribution in [0, 0.1) is 6.20 Å². The summed E-state index contributed by atoms with van der Waals surface area (Å²) in [5, 5.41) is 6.27. The molecule has 0 aromatic carbocycles. The molecule has 0 unspecified atom stereocenters. The van der Waals surface area contributed by atoms with Gasteiger partial charge < -0.3 is 0 Å². The van der Waals surface area contributed by atoms with Gasteiger partial charge in [-0.3, -0.25) is 0 Å². The van der Waals surface area contributed by atoms with Crippen LogP contribution in [0.15, 0.2) is 6.33 Å². The molecule has 5 heteroatoms. The summed E-state index contributed by atoms with van der Waals surface area (Å²) in [5.41, 5.74) is -0.468. The highest BCUT2D eigenvalue weighted by Crippen LogP contribution is 2.11. The van der Waals surface area contributed by atoms with E-state index in [0.29, 0.717) is 0 Å². The lowest BCUT2D eigenvalue weighted by Crippen LogP contribution is -1.92. The first-order valence-electron chi connectivity index (χ1n) is 2.14. The van der Waals surface area contributed by atoms with Crippen LogP contribution < -0.4 is 0 Å². The zero-order chi connectivity index (χ0) is 6.69. The third-order valence-corrected chi connectivity index (χ3v) is 0.677. The maximum absolute atomic E-state index is 11.6. The van der Waals surface area contributed by atoms with Gasteiger partial charge in [0.25, 0.3) is 6.43 Å². The largest absolute Gasteiger partial charge is 0.282 e. The molecule has 0 spiro atoms. The first kappa shape index (κ1) is 6.00. The van der Waals surface area contributed by atoms with Crippen LogP contribution in [0.25, 0.3) is 0 Å². The molecule has 1 rings (SSSR count). The Morgan fingerprint density at radius 3 is 2.67 bits per heavy atom. The molecule has 9 heavy (non-hydrogen) atoms. The SMILES string of the molecule is FC(F)c1[c]nncn1. The molecular formula is C4H2F2N3. The van der Waals surface area contributed by atoms with Crippen molar-refractivity contribution in [3.05, 3.63) is 18.2 Å². The number of hydrogen-bond donors (Lipinski definition) is 0. The second-order valence-corrected chi connectivity index (χ2v) is 1.26. The molecule has 0 amide bonds. The quantitative estimate of drug-likeness (QED) is 0.559. The molecule has 1 aromatic heterocycles. The van der Waals surface area contributed by atoms with Crippen LogP contribution in [0.3, 0.4) is 0 Å². The summed E-state index contributed by atoms with van der Waals surface area (Å²) in [6, 6.07) is 0. The lowest BCUT2D eigenvalue weighted by Gasteiger charge is -1.90. The van der Waals surface area contributed by atoms with Gasteiger partial charge in [-0.15, -0.1) is 10.2 Å². The molecule has 0 aliphatic carbocycles. The van der Waals surface area contributed by atoms with Crippen molar-refractivity contribution >= 4 is 0 Å². The smallest absolute Gasteiger partial charge is 0.231 e. The predicted molar refractivity (Wildman–Crippen MR) is 23.6 cm³/mol. The first-order valence-corrected chi connectivity index (χ1v) is 2.14. The second kappa shape index (κ2) is 2.43. The predicted octanol–water partition coefficient (Wildman–Crippen LogP) is 0.609. The van der Waals surface area contributed by atoms with E-state index in [1.807, 2.05) is 6.20 Å². The van der Waals surface area contributed by atoms with E-state index in [2.05, 4.69) is 15.2 Å². The van der Waals surface area contributed by atoms with Crippen LogP contribution in [-0.4, -0.2) is 15.2 Å². The van der Waals surface area contributed by atoms with Gasteiger partial charge in [0.1, 0.15) is 18.2 Å². The maximum atomic E-state index is 11.6. The van der Waals surface area contributed by atoms with Gasteiger partial charge in [-0.1, -0.05) is 0 Å². The number of nitrogens with zero attached hydrogens (tertiary/aromatic N) is 3. The Labute approximate surface area is 49.8 Å². The molecule has 1 aromatic rings. The minimum absolute atomic E-state index is 0.468. The Morgan fingerprint density at radius 2 is 2.33 bits per heavy atom. The highest BCUT2D eigenvalue weighted by Gasteiger charge is 2.07. The molecule has 0 saturated heterocycles. The lowest BCUT2D eigenvalue weighted by atomic mass is 10.5. The molecule has 0 saturated carbocycles. The number of rotatable bonds is 1. The Bertz CT molecular complexity index is 176. The number of aromatic nitrogens is 3. The van der Waals surface area contributed by atoms with Crippen LogP contribution in [0.4, 0.5) is 8.78 Å². The zero-order valence-corrected chi connectivity index (χ0v) is 4.25. The Hall–Kier alpha value is -1.13. The Balaban J connectivity index is 2.85. The molecular weight excluding hydrogens is 128 g/mol. The van der Waals surface area contributed by atoms with Crippen LogP contribution in [-0.2, 0) is 0 Å². The summed E-state index contributed by atoms with van der Waals surface area (Å²) in [6.45, 7) is 0. The highest BCUT2D eigenvalue weighted by atomic mass is 19.3. The monoisotopic (exact) mass is 130 g/mol. The Morgan fingerprint density at radius 1 is 1.56 bits per heavy atom. The zero-order valence-electron chi connectivity index (χ0n) is 4.25. The van der Waals surface area contributed by atoms with Gasteiger partial charge in [0.15, 0.2) is 0 Å². The summed E-state index contributed by atoms with van der Waals surface area (Å²) in [7, 11) is 0. The summed E-state index contributed by atoms with van der Waals surface area (Å²) in [4.78, 5) is 3.20. The van der Waals surface area contributed by atoms with Gasteiger partial charge in [-0.2, -0.15) is 0 Å². The summed E-state index contributed by atoms with van der Waals surface area (Å²) in [5.74, 6) is 0. The van der Waals surface area contributed by atoms with Gasteiger partial charge in [-0.05, 0) is 0 Å². The molecule has 0 aliphatic heterocycles. The molecule has 3 nitrogen and oxygen atoms in total. The third-order valence-electron chi connectivity index (χ3n) is 0.677. The van der Waals surface area contributed by atoms with Crippen molar-refractivity contribution in [2.24, 2.45) is 0 Å². The van der Waals surface area contributed by atoms with Crippen LogP contribution in [0.1, 0.15) is 12.1 Å². The molecule has 1 radical (unpaired) electrons. The van der Waals surface area contributed by atoms with Crippen molar-refractivity contribution in [1.82, 2.24) is 15.2 Å². The lowest BCUT2D eigenvalue weighted by molar-refractivity contribution is 0.145. The van der Waals surface area contributed by atoms with Crippen molar-refractivity contribution in [3.8, 4) is 0 Å². The van der Waals surface area contributed by atoms with E-state index < -0.39 is 12.1 Å².